The van der Waals surface area contributed by atoms with E-state index < -0.39 is 11.6 Å². The van der Waals surface area contributed by atoms with E-state index in [9.17, 15) is 14.7 Å². The summed E-state index contributed by atoms with van der Waals surface area (Å²) in [7, 11) is 0. The predicted molar refractivity (Wildman–Crippen MR) is 56.9 cm³/mol. The third-order valence-corrected chi connectivity index (χ3v) is 2.48. The average molecular weight is 230 g/mol. The fourth-order valence-corrected chi connectivity index (χ4v) is 1.17. The van der Waals surface area contributed by atoms with Crippen molar-refractivity contribution in [2.24, 2.45) is 5.92 Å². The molecule has 0 aromatic rings. The van der Waals surface area contributed by atoms with Gasteiger partial charge in [0, 0.05) is 25.6 Å². The maximum absolute atomic E-state index is 11.2. The summed E-state index contributed by atoms with van der Waals surface area (Å²) in [6.07, 6.45) is 1.93. The van der Waals surface area contributed by atoms with Crippen LogP contribution < -0.4 is 10.6 Å². The van der Waals surface area contributed by atoms with Gasteiger partial charge in [0.05, 0.1) is 0 Å². The minimum absolute atomic E-state index is 0.0400. The van der Waals surface area contributed by atoms with Crippen LogP contribution in [0.3, 0.4) is 0 Å². The van der Waals surface area contributed by atoms with Crippen molar-refractivity contribution in [3.05, 3.63) is 0 Å². The highest BCUT2D eigenvalue weighted by Crippen LogP contribution is 2.28. The Morgan fingerprint density at radius 1 is 1.38 bits per heavy atom. The normalized spacial score (nSPS) is 18.9. The lowest BCUT2D eigenvalue weighted by Gasteiger charge is -2.18. The molecule has 1 rings (SSSR count). The Hall–Kier alpha value is -1.14. The SMILES string of the molecule is CC(O)(CNCCNC(=O)C1CC1)C(=O)O. The highest BCUT2D eigenvalue weighted by atomic mass is 16.4. The molecule has 0 heterocycles. The number of hydrogen-bond donors (Lipinski definition) is 4. The zero-order valence-corrected chi connectivity index (χ0v) is 9.32. The summed E-state index contributed by atoms with van der Waals surface area (Å²) in [5, 5.41) is 23.5. The molecule has 1 aliphatic rings. The number of carbonyl (C=O) groups excluding carboxylic acids is 1. The van der Waals surface area contributed by atoms with Crippen molar-refractivity contribution >= 4 is 11.9 Å². The largest absolute Gasteiger partial charge is 0.479 e. The van der Waals surface area contributed by atoms with Crippen LogP contribution in [0.25, 0.3) is 0 Å². The van der Waals surface area contributed by atoms with Gasteiger partial charge in [0.2, 0.25) is 5.91 Å². The molecule has 1 atom stereocenters. The minimum Gasteiger partial charge on any atom is -0.479 e. The summed E-state index contributed by atoms with van der Waals surface area (Å²) in [6.45, 7) is 2.08. The Morgan fingerprint density at radius 2 is 2.00 bits per heavy atom. The van der Waals surface area contributed by atoms with Crippen molar-refractivity contribution in [1.82, 2.24) is 10.6 Å². The number of hydrogen-bond acceptors (Lipinski definition) is 4. The van der Waals surface area contributed by atoms with Crippen LogP contribution in [-0.2, 0) is 9.59 Å². The highest BCUT2D eigenvalue weighted by molar-refractivity contribution is 5.80. The van der Waals surface area contributed by atoms with Gasteiger partial charge in [-0.25, -0.2) is 4.79 Å². The molecule has 0 aliphatic heterocycles. The average Bonchev–Trinajstić information content (AvgIpc) is 2.99. The van der Waals surface area contributed by atoms with Gasteiger partial charge in [-0.15, -0.1) is 0 Å². The number of carbonyl (C=O) groups is 2. The molecule has 0 saturated heterocycles. The maximum atomic E-state index is 11.2. The van der Waals surface area contributed by atoms with Gasteiger partial charge in [0.15, 0.2) is 5.60 Å². The molecule has 6 heteroatoms. The van der Waals surface area contributed by atoms with Crippen LogP contribution in [0.1, 0.15) is 19.8 Å². The summed E-state index contributed by atoms with van der Waals surface area (Å²) in [4.78, 5) is 21.7. The van der Waals surface area contributed by atoms with E-state index in [-0.39, 0.29) is 18.4 Å². The van der Waals surface area contributed by atoms with E-state index in [0.717, 1.165) is 12.8 Å². The molecule has 16 heavy (non-hydrogen) atoms. The zero-order chi connectivity index (χ0) is 12.2. The van der Waals surface area contributed by atoms with Gasteiger partial charge in [-0.1, -0.05) is 0 Å². The van der Waals surface area contributed by atoms with E-state index in [1.165, 1.54) is 6.92 Å². The smallest absolute Gasteiger partial charge is 0.336 e. The number of nitrogens with one attached hydrogen (secondary N) is 2. The third-order valence-electron chi connectivity index (χ3n) is 2.48. The molecule has 1 unspecified atom stereocenters. The van der Waals surface area contributed by atoms with Crippen molar-refractivity contribution in [2.75, 3.05) is 19.6 Å². The molecule has 0 aromatic heterocycles. The van der Waals surface area contributed by atoms with Crippen molar-refractivity contribution in [3.8, 4) is 0 Å². The van der Waals surface area contributed by atoms with E-state index in [4.69, 9.17) is 5.11 Å². The molecule has 92 valence electrons. The van der Waals surface area contributed by atoms with Gasteiger partial charge < -0.3 is 20.8 Å². The summed E-state index contributed by atoms with van der Waals surface area (Å²) < 4.78 is 0. The van der Waals surface area contributed by atoms with Gasteiger partial charge >= 0.3 is 5.97 Å². The topological polar surface area (TPSA) is 98.7 Å². The monoisotopic (exact) mass is 230 g/mol. The first kappa shape index (κ1) is 12.9. The molecule has 1 amide bonds. The molecule has 6 nitrogen and oxygen atoms in total. The number of aliphatic carboxylic acids is 1. The molecule has 0 aromatic carbocycles. The summed E-state index contributed by atoms with van der Waals surface area (Å²) in [6, 6.07) is 0. The van der Waals surface area contributed by atoms with Crippen LogP contribution >= 0.6 is 0 Å². The first-order chi connectivity index (χ1) is 7.43. The Balaban J connectivity index is 2.03. The van der Waals surface area contributed by atoms with Crippen molar-refractivity contribution in [1.29, 1.82) is 0 Å². The second-order valence-corrected chi connectivity index (χ2v) is 4.32. The molecule has 0 bridgehead atoms. The zero-order valence-electron chi connectivity index (χ0n) is 9.32. The van der Waals surface area contributed by atoms with E-state index in [1.807, 2.05) is 0 Å². The van der Waals surface area contributed by atoms with Crippen LogP contribution in [-0.4, -0.2) is 47.3 Å². The summed E-state index contributed by atoms with van der Waals surface area (Å²) in [5.41, 5.74) is -1.76. The maximum Gasteiger partial charge on any atom is 0.336 e. The van der Waals surface area contributed by atoms with Crippen LogP contribution in [0.15, 0.2) is 0 Å². The van der Waals surface area contributed by atoms with Crippen LogP contribution in [0.4, 0.5) is 0 Å². The fraction of sp³-hybridized carbons (Fsp3) is 0.800. The Labute approximate surface area is 94.0 Å². The molecule has 0 spiro atoms. The summed E-state index contributed by atoms with van der Waals surface area (Å²) >= 11 is 0. The van der Waals surface area contributed by atoms with Crippen LogP contribution in [0, 0.1) is 5.92 Å². The lowest BCUT2D eigenvalue weighted by atomic mass is 10.1. The molecular weight excluding hydrogens is 212 g/mol. The first-order valence-electron chi connectivity index (χ1n) is 5.37. The first-order valence-corrected chi connectivity index (χ1v) is 5.37. The standard InChI is InChI=1S/C10H18N2O4/c1-10(16,9(14)15)6-11-4-5-12-8(13)7-2-3-7/h7,11,16H,2-6H2,1H3,(H,12,13)(H,14,15). The molecule has 1 aliphatic carbocycles. The van der Waals surface area contributed by atoms with E-state index in [2.05, 4.69) is 10.6 Å². The second-order valence-electron chi connectivity index (χ2n) is 4.32. The van der Waals surface area contributed by atoms with Crippen molar-refractivity contribution in [2.45, 2.75) is 25.4 Å². The molecule has 1 fully saturated rings. The van der Waals surface area contributed by atoms with E-state index >= 15 is 0 Å². The fourth-order valence-electron chi connectivity index (χ4n) is 1.17. The second kappa shape index (κ2) is 5.27. The van der Waals surface area contributed by atoms with Gasteiger partial charge in [0.1, 0.15) is 0 Å². The quantitative estimate of drug-likeness (QED) is 0.418. The third kappa shape index (κ3) is 4.16. The molecular formula is C10H18N2O4. The van der Waals surface area contributed by atoms with E-state index in [0.29, 0.717) is 13.1 Å². The molecule has 4 N–H and O–H groups in total. The van der Waals surface area contributed by atoms with Crippen LogP contribution in [0.2, 0.25) is 0 Å². The lowest BCUT2D eigenvalue weighted by Crippen LogP contribution is -2.46. The van der Waals surface area contributed by atoms with Gasteiger partial charge in [-0.2, -0.15) is 0 Å². The predicted octanol–water partition coefficient (Wildman–Crippen LogP) is -1.06. The lowest BCUT2D eigenvalue weighted by molar-refractivity contribution is -0.156. The number of carboxylic acid groups (broad SMARTS) is 1. The molecule has 1 saturated carbocycles. The van der Waals surface area contributed by atoms with Gasteiger partial charge in [0.25, 0.3) is 0 Å². The number of carboxylic acids is 1. The number of aliphatic hydroxyl groups is 1. The Kier molecular flexibility index (Phi) is 4.26. The van der Waals surface area contributed by atoms with Crippen LogP contribution in [0.5, 0.6) is 0 Å². The van der Waals surface area contributed by atoms with Crippen molar-refractivity contribution < 1.29 is 19.8 Å². The molecule has 0 radical (unpaired) electrons. The van der Waals surface area contributed by atoms with E-state index in [1.54, 1.807) is 0 Å². The Bertz CT molecular complexity index is 274. The number of rotatable bonds is 7. The summed E-state index contributed by atoms with van der Waals surface area (Å²) in [5.74, 6) is -1.02. The van der Waals surface area contributed by atoms with Gasteiger partial charge in [-0.05, 0) is 19.8 Å². The van der Waals surface area contributed by atoms with Gasteiger partial charge in [-0.3, -0.25) is 4.79 Å². The van der Waals surface area contributed by atoms with Crippen molar-refractivity contribution in [3.63, 3.8) is 0 Å². The number of amides is 1. The minimum atomic E-state index is -1.76. The highest BCUT2D eigenvalue weighted by Gasteiger charge is 2.30. The Morgan fingerprint density at radius 3 is 2.50 bits per heavy atom.